The van der Waals surface area contributed by atoms with Gasteiger partial charge in [-0.3, -0.25) is 14.9 Å². The molecule has 1 saturated carbocycles. The van der Waals surface area contributed by atoms with Crippen LogP contribution in [0.25, 0.3) is 0 Å². The SMILES string of the molecule is CCOC(=O)[C@H](CSc1ccccc1)N[C@@H](C)C(=O)N1[C@@H]2CCCC[C@@H]2C[C@H]1C(=O)O. The van der Waals surface area contributed by atoms with E-state index in [0.29, 0.717) is 12.2 Å². The molecule has 1 saturated heterocycles. The van der Waals surface area contributed by atoms with Crippen LogP contribution in [0.15, 0.2) is 35.2 Å². The molecule has 0 aromatic heterocycles. The van der Waals surface area contributed by atoms with Gasteiger partial charge in [-0.1, -0.05) is 31.0 Å². The molecule has 0 radical (unpaired) electrons. The highest BCUT2D eigenvalue weighted by Crippen LogP contribution is 2.40. The molecule has 1 aromatic carbocycles. The molecule has 7 nitrogen and oxygen atoms in total. The van der Waals surface area contributed by atoms with Gasteiger partial charge in [-0.05, 0) is 51.2 Å². The largest absolute Gasteiger partial charge is 0.480 e. The molecule has 0 bridgehead atoms. The van der Waals surface area contributed by atoms with Crippen LogP contribution in [0, 0.1) is 5.92 Å². The number of amides is 1. The summed E-state index contributed by atoms with van der Waals surface area (Å²) >= 11 is 1.51. The Balaban J connectivity index is 1.70. The first-order chi connectivity index (χ1) is 14.9. The third-order valence-electron chi connectivity index (χ3n) is 6.18. The zero-order valence-electron chi connectivity index (χ0n) is 18.2. The highest BCUT2D eigenvalue weighted by atomic mass is 32.2. The van der Waals surface area contributed by atoms with Gasteiger partial charge in [0.1, 0.15) is 12.1 Å². The number of nitrogens with zero attached hydrogens (tertiary/aromatic N) is 1. The van der Waals surface area contributed by atoms with Gasteiger partial charge >= 0.3 is 11.9 Å². The molecule has 2 fully saturated rings. The summed E-state index contributed by atoms with van der Waals surface area (Å²) in [6, 6.07) is 7.56. The van der Waals surface area contributed by atoms with Gasteiger partial charge in [0.2, 0.25) is 5.91 Å². The van der Waals surface area contributed by atoms with Crippen molar-refractivity contribution >= 4 is 29.6 Å². The van der Waals surface area contributed by atoms with Crippen LogP contribution in [0.5, 0.6) is 0 Å². The van der Waals surface area contributed by atoms with Crippen molar-refractivity contribution in [3.63, 3.8) is 0 Å². The van der Waals surface area contributed by atoms with E-state index in [-0.39, 0.29) is 24.5 Å². The molecule has 1 aliphatic heterocycles. The molecule has 3 rings (SSSR count). The summed E-state index contributed by atoms with van der Waals surface area (Å²) in [6.07, 6.45) is 4.43. The van der Waals surface area contributed by atoms with Crippen molar-refractivity contribution < 1.29 is 24.2 Å². The standard InChI is InChI=1S/C23H32N2O5S/c1-3-30-23(29)18(14-31-17-10-5-4-6-11-17)24-15(2)21(26)25-19-12-8-7-9-16(19)13-20(25)22(27)28/h4-6,10-11,15-16,18-20,24H,3,7-9,12-14H2,1-2H3,(H,27,28)/t15-,16+,18-,19+,20-/m0/s1. The van der Waals surface area contributed by atoms with Gasteiger partial charge in [0, 0.05) is 16.7 Å². The van der Waals surface area contributed by atoms with Crippen LogP contribution in [0.2, 0.25) is 0 Å². The number of fused-ring (bicyclic) bond motifs is 1. The lowest BCUT2D eigenvalue weighted by Gasteiger charge is -2.35. The van der Waals surface area contributed by atoms with E-state index in [0.717, 1.165) is 30.6 Å². The number of nitrogens with one attached hydrogen (secondary N) is 1. The predicted molar refractivity (Wildman–Crippen MR) is 119 cm³/mol. The van der Waals surface area contributed by atoms with Crippen LogP contribution in [0.4, 0.5) is 0 Å². The van der Waals surface area contributed by atoms with Gasteiger partial charge in [0.05, 0.1) is 12.6 Å². The minimum absolute atomic E-state index is 0.0219. The van der Waals surface area contributed by atoms with Crippen LogP contribution in [-0.2, 0) is 19.1 Å². The first kappa shape index (κ1) is 23.6. The van der Waals surface area contributed by atoms with E-state index in [2.05, 4.69) is 5.32 Å². The molecule has 1 amide bonds. The average Bonchev–Trinajstić information content (AvgIpc) is 3.16. The Morgan fingerprint density at radius 3 is 2.61 bits per heavy atom. The summed E-state index contributed by atoms with van der Waals surface area (Å²) in [4.78, 5) is 40.3. The number of carboxylic acids is 1. The fraction of sp³-hybridized carbons (Fsp3) is 0.609. The lowest BCUT2D eigenvalue weighted by Crippen LogP contribution is -2.56. The van der Waals surface area contributed by atoms with Gasteiger partial charge in [-0.15, -0.1) is 11.8 Å². The number of carboxylic acid groups (broad SMARTS) is 1. The van der Waals surface area contributed by atoms with E-state index in [1.54, 1.807) is 18.7 Å². The number of benzene rings is 1. The number of likely N-dealkylation sites (tertiary alicyclic amines) is 1. The third kappa shape index (κ3) is 5.80. The zero-order chi connectivity index (χ0) is 22.4. The number of rotatable bonds is 9. The molecule has 0 spiro atoms. The monoisotopic (exact) mass is 448 g/mol. The quantitative estimate of drug-likeness (QED) is 0.443. The van der Waals surface area contributed by atoms with Crippen molar-refractivity contribution in [2.45, 2.75) is 75.0 Å². The topological polar surface area (TPSA) is 95.9 Å². The molecule has 0 unspecified atom stereocenters. The van der Waals surface area contributed by atoms with E-state index >= 15 is 0 Å². The molecular formula is C23H32N2O5S. The van der Waals surface area contributed by atoms with Crippen molar-refractivity contribution in [2.24, 2.45) is 5.92 Å². The van der Waals surface area contributed by atoms with Gasteiger partial charge in [-0.25, -0.2) is 4.79 Å². The Hall–Kier alpha value is -2.06. The van der Waals surface area contributed by atoms with Crippen LogP contribution in [0.1, 0.15) is 46.0 Å². The normalized spacial score (nSPS) is 24.8. The van der Waals surface area contributed by atoms with E-state index in [4.69, 9.17) is 4.74 Å². The molecule has 1 heterocycles. The maximum absolute atomic E-state index is 13.3. The smallest absolute Gasteiger partial charge is 0.326 e. The number of aliphatic carboxylic acids is 1. The lowest BCUT2D eigenvalue weighted by molar-refractivity contribution is -0.151. The fourth-order valence-electron chi connectivity index (χ4n) is 4.72. The van der Waals surface area contributed by atoms with Crippen molar-refractivity contribution in [2.75, 3.05) is 12.4 Å². The van der Waals surface area contributed by atoms with Crippen molar-refractivity contribution in [3.05, 3.63) is 30.3 Å². The first-order valence-corrected chi connectivity index (χ1v) is 12.1. The Bertz CT molecular complexity index is 774. The highest BCUT2D eigenvalue weighted by molar-refractivity contribution is 7.99. The van der Waals surface area contributed by atoms with E-state index < -0.39 is 30.1 Å². The molecule has 2 N–H and O–H groups in total. The number of thioether (sulfide) groups is 1. The summed E-state index contributed by atoms with van der Waals surface area (Å²) in [6.45, 7) is 3.71. The first-order valence-electron chi connectivity index (χ1n) is 11.1. The Morgan fingerprint density at radius 2 is 1.94 bits per heavy atom. The summed E-state index contributed by atoms with van der Waals surface area (Å²) in [5, 5.41) is 12.8. The minimum Gasteiger partial charge on any atom is -0.480 e. The Morgan fingerprint density at radius 1 is 1.23 bits per heavy atom. The average molecular weight is 449 g/mol. The minimum atomic E-state index is -0.948. The van der Waals surface area contributed by atoms with Gasteiger partial charge in [0.25, 0.3) is 0 Å². The van der Waals surface area contributed by atoms with Crippen LogP contribution < -0.4 is 5.32 Å². The second-order valence-corrected chi connectivity index (χ2v) is 9.36. The van der Waals surface area contributed by atoms with E-state index in [9.17, 15) is 19.5 Å². The summed E-state index contributed by atoms with van der Waals surface area (Å²) < 4.78 is 5.21. The van der Waals surface area contributed by atoms with E-state index in [1.165, 1.54) is 11.8 Å². The zero-order valence-corrected chi connectivity index (χ0v) is 19.0. The second-order valence-electron chi connectivity index (χ2n) is 8.26. The van der Waals surface area contributed by atoms with Crippen molar-refractivity contribution in [3.8, 4) is 0 Å². The van der Waals surface area contributed by atoms with E-state index in [1.807, 2.05) is 30.3 Å². The summed E-state index contributed by atoms with van der Waals surface area (Å²) in [5.74, 6) is -0.940. The number of hydrogen-bond acceptors (Lipinski definition) is 6. The number of carbonyl (C=O) groups excluding carboxylic acids is 2. The Labute approximate surface area is 187 Å². The molecule has 2 aliphatic rings. The fourth-order valence-corrected chi connectivity index (χ4v) is 5.66. The van der Waals surface area contributed by atoms with Gasteiger partial charge in [-0.2, -0.15) is 0 Å². The molecule has 8 heteroatoms. The van der Waals surface area contributed by atoms with Crippen molar-refractivity contribution in [1.82, 2.24) is 10.2 Å². The number of esters is 1. The molecule has 31 heavy (non-hydrogen) atoms. The maximum Gasteiger partial charge on any atom is 0.326 e. The maximum atomic E-state index is 13.3. The molecular weight excluding hydrogens is 416 g/mol. The van der Waals surface area contributed by atoms with Gasteiger partial charge in [0.15, 0.2) is 0 Å². The molecule has 1 aliphatic carbocycles. The Kier molecular flexibility index (Phi) is 8.37. The number of hydrogen-bond donors (Lipinski definition) is 2. The predicted octanol–water partition coefficient (Wildman–Crippen LogP) is 2.93. The van der Waals surface area contributed by atoms with Crippen molar-refractivity contribution in [1.29, 1.82) is 0 Å². The third-order valence-corrected chi connectivity index (χ3v) is 7.29. The highest BCUT2D eigenvalue weighted by Gasteiger charge is 2.48. The molecule has 1 aromatic rings. The number of ether oxygens (including phenoxy) is 1. The second kappa shape index (κ2) is 11.0. The number of carbonyl (C=O) groups is 3. The summed E-state index contributed by atoms with van der Waals surface area (Å²) in [7, 11) is 0. The lowest BCUT2D eigenvalue weighted by atomic mass is 9.84. The van der Waals surface area contributed by atoms with Crippen LogP contribution in [0.3, 0.4) is 0 Å². The summed E-state index contributed by atoms with van der Waals surface area (Å²) in [5.41, 5.74) is 0. The molecule has 170 valence electrons. The van der Waals surface area contributed by atoms with Crippen LogP contribution in [-0.4, -0.2) is 64.4 Å². The van der Waals surface area contributed by atoms with Crippen LogP contribution >= 0.6 is 11.8 Å². The van der Waals surface area contributed by atoms with Gasteiger partial charge < -0.3 is 14.7 Å². The molecule has 5 atom stereocenters.